The zero-order valence-corrected chi connectivity index (χ0v) is 12.1. The highest BCUT2D eigenvalue weighted by atomic mass is 35.5. The molecule has 1 aromatic heterocycles. The summed E-state index contributed by atoms with van der Waals surface area (Å²) in [4.78, 5) is 0. The van der Waals surface area contributed by atoms with Crippen molar-refractivity contribution in [3.8, 4) is 28.4 Å². The Kier molecular flexibility index (Phi) is 3.54. The number of benzene rings is 2. The molecule has 3 aromatic rings. The second-order valence-electron chi connectivity index (χ2n) is 4.46. The summed E-state index contributed by atoms with van der Waals surface area (Å²) < 4.78 is 6.80. The number of halogens is 1. The Morgan fingerprint density at radius 3 is 2.67 bits per heavy atom. The Labute approximate surface area is 127 Å². The van der Waals surface area contributed by atoms with E-state index in [9.17, 15) is 5.11 Å². The molecule has 0 aliphatic carbocycles. The third kappa shape index (κ3) is 2.45. The van der Waals surface area contributed by atoms with Gasteiger partial charge in [-0.1, -0.05) is 23.7 Å². The normalized spacial score (nSPS) is 10.6. The standard InChI is InChI=1S/C16H13ClN2O2/c1-21-11-6-7-12(16(20)10-11)14-8-9-18-19(14)15-5-3-2-4-13(15)17/h2-10,20H,1H3. The van der Waals surface area contributed by atoms with Gasteiger partial charge in [0.25, 0.3) is 0 Å². The first-order valence-corrected chi connectivity index (χ1v) is 6.75. The van der Waals surface area contributed by atoms with Gasteiger partial charge >= 0.3 is 0 Å². The van der Waals surface area contributed by atoms with Gasteiger partial charge in [0.05, 0.1) is 29.7 Å². The fraction of sp³-hybridized carbons (Fsp3) is 0.0625. The molecule has 2 aromatic carbocycles. The monoisotopic (exact) mass is 300 g/mol. The van der Waals surface area contributed by atoms with Gasteiger partial charge in [-0.15, -0.1) is 0 Å². The fourth-order valence-electron chi connectivity index (χ4n) is 2.18. The van der Waals surface area contributed by atoms with Crippen molar-refractivity contribution in [2.45, 2.75) is 0 Å². The SMILES string of the molecule is COc1ccc(-c2ccnn2-c2ccccc2Cl)c(O)c1. The molecule has 0 aliphatic heterocycles. The number of nitrogens with zero attached hydrogens (tertiary/aromatic N) is 2. The third-order valence-corrected chi connectivity index (χ3v) is 3.52. The molecule has 1 N–H and O–H groups in total. The van der Waals surface area contributed by atoms with E-state index in [2.05, 4.69) is 5.10 Å². The average molecular weight is 301 g/mol. The van der Waals surface area contributed by atoms with Crippen LogP contribution in [0.3, 0.4) is 0 Å². The van der Waals surface area contributed by atoms with Gasteiger partial charge < -0.3 is 9.84 Å². The van der Waals surface area contributed by atoms with Crippen LogP contribution in [0.25, 0.3) is 16.9 Å². The summed E-state index contributed by atoms with van der Waals surface area (Å²) in [6, 6.07) is 14.4. The average Bonchev–Trinajstić information content (AvgIpc) is 2.96. The molecule has 0 unspecified atom stereocenters. The van der Waals surface area contributed by atoms with E-state index < -0.39 is 0 Å². The molecule has 0 radical (unpaired) electrons. The molecule has 21 heavy (non-hydrogen) atoms. The van der Waals surface area contributed by atoms with Gasteiger partial charge in [0.15, 0.2) is 0 Å². The second-order valence-corrected chi connectivity index (χ2v) is 4.87. The first-order chi connectivity index (χ1) is 10.2. The number of rotatable bonds is 3. The minimum atomic E-state index is 0.128. The van der Waals surface area contributed by atoms with Crippen LogP contribution in [0.1, 0.15) is 0 Å². The molecular formula is C16H13ClN2O2. The molecule has 0 fully saturated rings. The highest BCUT2D eigenvalue weighted by Crippen LogP contribution is 2.34. The molecule has 0 atom stereocenters. The van der Waals surface area contributed by atoms with Crippen LogP contribution in [0.5, 0.6) is 11.5 Å². The molecule has 3 rings (SSSR count). The van der Waals surface area contributed by atoms with E-state index in [1.54, 1.807) is 42.3 Å². The van der Waals surface area contributed by atoms with Gasteiger partial charge in [-0.3, -0.25) is 0 Å². The van der Waals surface area contributed by atoms with Crippen molar-refractivity contribution in [2.24, 2.45) is 0 Å². The maximum absolute atomic E-state index is 10.2. The number of phenols is 1. The first kappa shape index (κ1) is 13.5. The number of methoxy groups -OCH3 is 1. The number of aromatic hydroxyl groups is 1. The van der Waals surface area contributed by atoms with Crippen molar-refractivity contribution in [1.29, 1.82) is 0 Å². The summed E-state index contributed by atoms with van der Waals surface area (Å²) in [5.41, 5.74) is 2.17. The fourth-order valence-corrected chi connectivity index (χ4v) is 2.39. The third-order valence-electron chi connectivity index (χ3n) is 3.20. The Hall–Kier alpha value is -2.46. The smallest absolute Gasteiger partial charge is 0.128 e. The van der Waals surface area contributed by atoms with Crippen molar-refractivity contribution in [2.75, 3.05) is 7.11 Å². The predicted octanol–water partition coefficient (Wildman–Crippen LogP) is 3.91. The molecule has 0 aliphatic rings. The van der Waals surface area contributed by atoms with Crippen molar-refractivity contribution in [3.63, 3.8) is 0 Å². The van der Waals surface area contributed by atoms with E-state index in [0.29, 0.717) is 16.3 Å². The number of para-hydroxylation sites is 1. The lowest BCUT2D eigenvalue weighted by Crippen LogP contribution is -1.99. The van der Waals surface area contributed by atoms with E-state index in [1.165, 1.54) is 0 Å². The first-order valence-electron chi connectivity index (χ1n) is 6.37. The van der Waals surface area contributed by atoms with E-state index in [4.69, 9.17) is 16.3 Å². The molecule has 0 spiro atoms. The van der Waals surface area contributed by atoms with E-state index in [-0.39, 0.29) is 5.75 Å². The molecular weight excluding hydrogens is 288 g/mol. The highest BCUT2D eigenvalue weighted by Gasteiger charge is 2.13. The molecule has 106 valence electrons. The summed E-state index contributed by atoms with van der Waals surface area (Å²) in [6.45, 7) is 0. The lowest BCUT2D eigenvalue weighted by molar-refractivity contribution is 0.408. The second kappa shape index (κ2) is 5.50. The van der Waals surface area contributed by atoms with Gasteiger partial charge in [0.1, 0.15) is 11.5 Å². The number of hydrogen-bond acceptors (Lipinski definition) is 3. The molecule has 0 saturated carbocycles. The topological polar surface area (TPSA) is 47.3 Å². The van der Waals surface area contributed by atoms with Crippen LogP contribution < -0.4 is 4.74 Å². The Bertz CT molecular complexity index is 783. The summed E-state index contributed by atoms with van der Waals surface area (Å²) in [7, 11) is 1.56. The molecule has 0 amide bonds. The van der Waals surface area contributed by atoms with Gasteiger partial charge in [-0.05, 0) is 30.3 Å². The zero-order valence-electron chi connectivity index (χ0n) is 11.3. The highest BCUT2D eigenvalue weighted by molar-refractivity contribution is 6.32. The maximum atomic E-state index is 10.2. The molecule has 1 heterocycles. The Morgan fingerprint density at radius 1 is 1.14 bits per heavy atom. The van der Waals surface area contributed by atoms with Gasteiger partial charge in [0.2, 0.25) is 0 Å². The molecule has 0 bridgehead atoms. The number of hydrogen-bond donors (Lipinski definition) is 1. The lowest BCUT2D eigenvalue weighted by Gasteiger charge is -2.11. The van der Waals surface area contributed by atoms with Crippen molar-refractivity contribution < 1.29 is 9.84 Å². The van der Waals surface area contributed by atoms with Crippen molar-refractivity contribution >= 4 is 11.6 Å². The van der Waals surface area contributed by atoms with Crippen molar-refractivity contribution in [1.82, 2.24) is 9.78 Å². The minimum absolute atomic E-state index is 0.128. The van der Waals surface area contributed by atoms with Crippen LogP contribution in [0.2, 0.25) is 5.02 Å². The predicted molar refractivity (Wildman–Crippen MR) is 82.2 cm³/mol. The van der Waals surface area contributed by atoms with Crippen molar-refractivity contribution in [3.05, 3.63) is 59.8 Å². The summed E-state index contributed by atoms with van der Waals surface area (Å²) in [6.07, 6.45) is 1.67. The summed E-state index contributed by atoms with van der Waals surface area (Å²) in [5.74, 6) is 0.725. The minimum Gasteiger partial charge on any atom is -0.507 e. The zero-order chi connectivity index (χ0) is 14.8. The van der Waals surface area contributed by atoms with Crippen LogP contribution in [-0.4, -0.2) is 22.0 Å². The van der Waals surface area contributed by atoms with Gasteiger partial charge in [-0.25, -0.2) is 4.68 Å². The number of phenolic OH excluding ortho intramolecular Hbond substituents is 1. The molecule has 4 nitrogen and oxygen atoms in total. The van der Waals surface area contributed by atoms with Crippen LogP contribution in [0.15, 0.2) is 54.7 Å². The van der Waals surface area contributed by atoms with Crippen LogP contribution in [0, 0.1) is 0 Å². The quantitative estimate of drug-likeness (QED) is 0.798. The van der Waals surface area contributed by atoms with E-state index >= 15 is 0 Å². The summed E-state index contributed by atoms with van der Waals surface area (Å²) in [5, 5.41) is 15.1. The summed E-state index contributed by atoms with van der Waals surface area (Å²) >= 11 is 6.22. The van der Waals surface area contributed by atoms with Crippen LogP contribution in [0.4, 0.5) is 0 Å². The Morgan fingerprint density at radius 2 is 1.95 bits per heavy atom. The van der Waals surface area contributed by atoms with Crippen LogP contribution >= 0.6 is 11.6 Å². The van der Waals surface area contributed by atoms with Crippen LogP contribution in [-0.2, 0) is 0 Å². The lowest BCUT2D eigenvalue weighted by atomic mass is 10.1. The number of aromatic nitrogens is 2. The van der Waals surface area contributed by atoms with Gasteiger partial charge in [0, 0.05) is 11.6 Å². The maximum Gasteiger partial charge on any atom is 0.128 e. The van der Waals surface area contributed by atoms with Gasteiger partial charge in [-0.2, -0.15) is 5.10 Å². The molecule has 5 heteroatoms. The largest absolute Gasteiger partial charge is 0.507 e. The number of ether oxygens (including phenoxy) is 1. The Balaban J connectivity index is 2.14. The van der Waals surface area contributed by atoms with E-state index in [1.807, 2.05) is 24.3 Å². The van der Waals surface area contributed by atoms with E-state index in [0.717, 1.165) is 11.4 Å². The molecule has 0 saturated heterocycles.